The highest BCUT2D eigenvalue weighted by Gasteiger charge is 2.06. The Hall–Kier alpha value is -2.01. The minimum atomic E-state index is -0.179. The minimum Gasteiger partial charge on any atom is -0.329 e. The average molecular weight is 273 g/mol. The number of aromatic amines is 1. The lowest BCUT2D eigenvalue weighted by molar-refractivity contribution is 0.594. The zero-order valence-electron chi connectivity index (χ0n) is 10.1. The van der Waals surface area contributed by atoms with Gasteiger partial charge in [-0.05, 0) is 42.4 Å². The molecule has 3 aromatic rings. The van der Waals surface area contributed by atoms with E-state index in [2.05, 4.69) is 9.97 Å². The topological polar surface area (TPSA) is 33.6 Å². The van der Waals surface area contributed by atoms with E-state index in [1.807, 2.05) is 22.8 Å². The number of fused-ring (bicyclic) bond motifs is 1. The number of imidazole rings is 1. The number of benzene rings is 1. The van der Waals surface area contributed by atoms with Crippen LogP contribution < -0.4 is 0 Å². The Balaban J connectivity index is 1.92. The van der Waals surface area contributed by atoms with Gasteiger partial charge in [-0.3, -0.25) is 0 Å². The Morgan fingerprint density at radius 3 is 2.89 bits per heavy atom. The lowest BCUT2D eigenvalue weighted by atomic mass is 10.1. The van der Waals surface area contributed by atoms with Crippen molar-refractivity contribution >= 4 is 23.4 Å². The summed E-state index contributed by atoms with van der Waals surface area (Å²) in [7, 11) is 0. The number of hydrogen-bond acceptors (Lipinski definition) is 2. The van der Waals surface area contributed by atoms with Crippen LogP contribution in [0.2, 0.25) is 0 Å². The molecule has 0 amide bonds. The fourth-order valence-corrected chi connectivity index (χ4v) is 2.42. The summed E-state index contributed by atoms with van der Waals surface area (Å²) in [5.74, 6) is -0.179. The van der Waals surface area contributed by atoms with Gasteiger partial charge in [0, 0.05) is 12.7 Å². The SMILES string of the molecule is Fc1ccccc1CCn1c(=S)[nH]c2cccnc21. The van der Waals surface area contributed by atoms with E-state index in [1.54, 1.807) is 18.3 Å². The monoisotopic (exact) mass is 273 g/mol. The largest absolute Gasteiger partial charge is 0.329 e. The number of pyridine rings is 1. The molecular formula is C14H12FN3S. The summed E-state index contributed by atoms with van der Waals surface area (Å²) < 4.78 is 16.1. The number of nitrogens with one attached hydrogen (secondary N) is 1. The standard InChI is InChI=1S/C14H12FN3S/c15-11-5-2-1-4-10(11)7-9-18-13-12(17-14(18)19)6-3-8-16-13/h1-6,8H,7,9H2,(H,17,19). The van der Waals surface area contributed by atoms with E-state index >= 15 is 0 Å². The highest BCUT2D eigenvalue weighted by molar-refractivity contribution is 7.71. The lowest BCUT2D eigenvalue weighted by Gasteiger charge is -2.05. The third-order valence-corrected chi connectivity index (χ3v) is 3.41. The van der Waals surface area contributed by atoms with Gasteiger partial charge in [-0.1, -0.05) is 18.2 Å². The molecule has 0 aliphatic carbocycles. The second-order valence-corrected chi connectivity index (χ2v) is 4.68. The van der Waals surface area contributed by atoms with Gasteiger partial charge in [0.05, 0.1) is 5.52 Å². The number of aromatic nitrogens is 3. The smallest absolute Gasteiger partial charge is 0.179 e. The zero-order chi connectivity index (χ0) is 13.2. The van der Waals surface area contributed by atoms with Crippen molar-refractivity contribution in [3.63, 3.8) is 0 Å². The average Bonchev–Trinajstić information content (AvgIpc) is 2.74. The van der Waals surface area contributed by atoms with Gasteiger partial charge in [0.1, 0.15) is 5.82 Å². The quantitative estimate of drug-likeness (QED) is 0.741. The first-order chi connectivity index (χ1) is 9.25. The molecule has 0 spiro atoms. The maximum absolute atomic E-state index is 13.6. The van der Waals surface area contributed by atoms with Crippen LogP contribution in [0.15, 0.2) is 42.6 Å². The highest BCUT2D eigenvalue weighted by atomic mass is 32.1. The number of hydrogen-bond donors (Lipinski definition) is 1. The van der Waals surface area contributed by atoms with Crippen LogP contribution in [0, 0.1) is 10.6 Å². The van der Waals surface area contributed by atoms with E-state index in [4.69, 9.17) is 12.2 Å². The van der Waals surface area contributed by atoms with Gasteiger partial charge in [0.2, 0.25) is 0 Å². The molecule has 0 aliphatic heterocycles. The molecule has 0 radical (unpaired) electrons. The molecule has 0 aliphatic rings. The Kier molecular flexibility index (Phi) is 3.13. The Morgan fingerprint density at radius 1 is 1.21 bits per heavy atom. The minimum absolute atomic E-state index is 0.179. The summed E-state index contributed by atoms with van der Waals surface area (Å²) in [6.07, 6.45) is 2.31. The molecular weight excluding hydrogens is 261 g/mol. The van der Waals surface area contributed by atoms with Crippen LogP contribution in [0.4, 0.5) is 4.39 Å². The van der Waals surface area contributed by atoms with Crippen molar-refractivity contribution in [1.82, 2.24) is 14.5 Å². The molecule has 96 valence electrons. The Morgan fingerprint density at radius 2 is 2.05 bits per heavy atom. The van der Waals surface area contributed by atoms with Crippen LogP contribution in [0.3, 0.4) is 0 Å². The summed E-state index contributed by atoms with van der Waals surface area (Å²) in [5.41, 5.74) is 2.40. The second kappa shape index (κ2) is 4.93. The van der Waals surface area contributed by atoms with Crippen LogP contribution >= 0.6 is 12.2 Å². The molecule has 0 saturated carbocycles. The Labute approximate surface area is 114 Å². The number of aryl methyl sites for hydroxylation is 2. The van der Waals surface area contributed by atoms with E-state index in [0.717, 1.165) is 11.2 Å². The normalized spacial score (nSPS) is 11.0. The van der Waals surface area contributed by atoms with Crippen LogP contribution in [-0.2, 0) is 13.0 Å². The predicted molar refractivity (Wildman–Crippen MR) is 75.0 cm³/mol. The molecule has 0 bridgehead atoms. The lowest BCUT2D eigenvalue weighted by Crippen LogP contribution is -2.03. The van der Waals surface area contributed by atoms with Gasteiger partial charge >= 0.3 is 0 Å². The number of nitrogens with zero attached hydrogens (tertiary/aromatic N) is 2. The first kappa shape index (κ1) is 12.0. The molecule has 1 N–H and O–H groups in total. The summed E-state index contributed by atoms with van der Waals surface area (Å²) in [4.78, 5) is 7.41. The highest BCUT2D eigenvalue weighted by Crippen LogP contribution is 2.13. The van der Waals surface area contributed by atoms with Gasteiger partial charge in [-0.2, -0.15) is 0 Å². The summed E-state index contributed by atoms with van der Waals surface area (Å²) in [6, 6.07) is 10.6. The van der Waals surface area contributed by atoms with Crippen molar-refractivity contribution < 1.29 is 4.39 Å². The van der Waals surface area contributed by atoms with Crippen LogP contribution in [0.1, 0.15) is 5.56 Å². The first-order valence-electron chi connectivity index (χ1n) is 6.02. The molecule has 3 rings (SSSR count). The number of rotatable bonds is 3. The molecule has 0 unspecified atom stereocenters. The molecule has 1 aromatic carbocycles. The maximum atomic E-state index is 13.6. The molecule has 5 heteroatoms. The molecule has 2 heterocycles. The van der Waals surface area contributed by atoms with E-state index in [1.165, 1.54) is 6.07 Å². The van der Waals surface area contributed by atoms with Crippen molar-refractivity contribution in [2.45, 2.75) is 13.0 Å². The van der Waals surface area contributed by atoms with Crippen molar-refractivity contribution in [1.29, 1.82) is 0 Å². The van der Waals surface area contributed by atoms with Crippen molar-refractivity contribution in [3.05, 3.63) is 58.7 Å². The molecule has 2 aromatic heterocycles. The number of H-pyrrole nitrogens is 1. The second-order valence-electron chi connectivity index (χ2n) is 4.30. The molecule has 3 nitrogen and oxygen atoms in total. The van der Waals surface area contributed by atoms with Gasteiger partial charge < -0.3 is 9.55 Å². The van der Waals surface area contributed by atoms with E-state index < -0.39 is 0 Å². The van der Waals surface area contributed by atoms with Gasteiger partial charge in [0.15, 0.2) is 10.4 Å². The first-order valence-corrected chi connectivity index (χ1v) is 6.43. The summed E-state index contributed by atoms with van der Waals surface area (Å²) in [6.45, 7) is 0.608. The van der Waals surface area contributed by atoms with Crippen molar-refractivity contribution in [2.24, 2.45) is 0 Å². The summed E-state index contributed by atoms with van der Waals surface area (Å²) >= 11 is 5.27. The fraction of sp³-hybridized carbons (Fsp3) is 0.143. The van der Waals surface area contributed by atoms with E-state index in [0.29, 0.717) is 23.3 Å². The van der Waals surface area contributed by atoms with E-state index in [9.17, 15) is 4.39 Å². The molecule has 0 atom stereocenters. The van der Waals surface area contributed by atoms with Gasteiger partial charge in [-0.15, -0.1) is 0 Å². The third kappa shape index (κ3) is 2.29. The summed E-state index contributed by atoms with van der Waals surface area (Å²) in [5, 5.41) is 0. The van der Waals surface area contributed by atoms with Gasteiger partial charge in [-0.25, -0.2) is 9.37 Å². The predicted octanol–water partition coefficient (Wildman–Crippen LogP) is 3.48. The molecule has 19 heavy (non-hydrogen) atoms. The molecule has 0 fully saturated rings. The zero-order valence-corrected chi connectivity index (χ0v) is 11.0. The number of halogens is 1. The van der Waals surface area contributed by atoms with Crippen LogP contribution in [-0.4, -0.2) is 14.5 Å². The van der Waals surface area contributed by atoms with Crippen LogP contribution in [0.25, 0.3) is 11.2 Å². The van der Waals surface area contributed by atoms with Crippen LogP contribution in [0.5, 0.6) is 0 Å². The van der Waals surface area contributed by atoms with Crippen molar-refractivity contribution in [3.8, 4) is 0 Å². The van der Waals surface area contributed by atoms with Crippen molar-refractivity contribution in [2.75, 3.05) is 0 Å². The Bertz CT molecular complexity index is 775. The van der Waals surface area contributed by atoms with Gasteiger partial charge in [0.25, 0.3) is 0 Å². The molecule has 0 saturated heterocycles. The van der Waals surface area contributed by atoms with E-state index in [-0.39, 0.29) is 5.82 Å². The fourth-order valence-electron chi connectivity index (χ4n) is 2.13. The maximum Gasteiger partial charge on any atom is 0.179 e. The third-order valence-electron chi connectivity index (χ3n) is 3.09.